The fourth-order valence-corrected chi connectivity index (χ4v) is 1.32. The fourth-order valence-electron chi connectivity index (χ4n) is 1.32. The number of nitrogens with zero attached hydrogens (tertiary/aromatic N) is 1. The number of amides is 2. The fraction of sp³-hybridized carbons (Fsp3) is 0.600. The number of carbonyl (C=O) groups is 2. The van der Waals surface area contributed by atoms with Crippen LogP contribution in [0.5, 0.6) is 0 Å². The summed E-state index contributed by atoms with van der Waals surface area (Å²) in [6.45, 7) is 1.60. The first-order valence-corrected chi connectivity index (χ1v) is 5.00. The van der Waals surface area contributed by atoms with Gasteiger partial charge in [0.15, 0.2) is 0 Å². The predicted octanol–water partition coefficient (Wildman–Crippen LogP) is -0.878. The molecular formula is C10H16N2O4. The van der Waals surface area contributed by atoms with E-state index in [-0.39, 0.29) is 18.4 Å². The molecule has 1 rings (SSSR count). The van der Waals surface area contributed by atoms with Gasteiger partial charge in [-0.1, -0.05) is 0 Å². The lowest BCUT2D eigenvalue weighted by atomic mass is 10.4. The molecule has 6 heteroatoms. The van der Waals surface area contributed by atoms with Crippen LogP contribution in [-0.4, -0.2) is 57.2 Å². The molecule has 2 amide bonds. The maximum absolute atomic E-state index is 11.7. The van der Waals surface area contributed by atoms with E-state index in [0.717, 1.165) is 4.90 Å². The molecule has 0 aromatic rings. The highest BCUT2D eigenvalue weighted by atomic mass is 16.5. The molecule has 0 bridgehead atoms. The molecule has 1 N–H and O–H groups in total. The number of hydrogen-bond donors (Lipinski definition) is 1. The molecule has 1 heterocycles. The number of imide groups is 1. The first-order valence-electron chi connectivity index (χ1n) is 5.00. The van der Waals surface area contributed by atoms with E-state index in [9.17, 15) is 9.59 Å². The second-order valence-electron chi connectivity index (χ2n) is 3.27. The Labute approximate surface area is 94.2 Å². The Morgan fingerprint density at radius 2 is 1.94 bits per heavy atom. The SMILES string of the molecule is COCCNC1=CC(=O)N(CCOC)C1=O. The van der Waals surface area contributed by atoms with E-state index in [1.54, 1.807) is 7.11 Å². The summed E-state index contributed by atoms with van der Waals surface area (Å²) < 4.78 is 9.66. The zero-order chi connectivity index (χ0) is 12.0. The van der Waals surface area contributed by atoms with Crippen molar-refractivity contribution in [1.82, 2.24) is 10.2 Å². The Kier molecular flexibility index (Phi) is 4.94. The maximum Gasteiger partial charge on any atom is 0.277 e. The minimum atomic E-state index is -0.307. The van der Waals surface area contributed by atoms with Gasteiger partial charge in [0.1, 0.15) is 5.70 Å². The smallest absolute Gasteiger partial charge is 0.277 e. The summed E-state index contributed by atoms with van der Waals surface area (Å²) in [4.78, 5) is 24.3. The van der Waals surface area contributed by atoms with Gasteiger partial charge in [0.2, 0.25) is 0 Å². The molecule has 0 saturated carbocycles. The first kappa shape index (κ1) is 12.7. The molecule has 0 fully saturated rings. The predicted molar refractivity (Wildman–Crippen MR) is 56.6 cm³/mol. The van der Waals surface area contributed by atoms with E-state index in [0.29, 0.717) is 25.5 Å². The van der Waals surface area contributed by atoms with Crippen LogP contribution in [0.15, 0.2) is 11.8 Å². The van der Waals surface area contributed by atoms with Gasteiger partial charge < -0.3 is 14.8 Å². The number of nitrogens with one attached hydrogen (secondary N) is 1. The summed E-state index contributed by atoms with van der Waals surface area (Å²) in [7, 11) is 3.10. The van der Waals surface area contributed by atoms with E-state index in [2.05, 4.69) is 5.32 Å². The zero-order valence-electron chi connectivity index (χ0n) is 9.49. The Bertz CT molecular complexity index is 301. The molecule has 90 valence electrons. The Morgan fingerprint density at radius 3 is 2.56 bits per heavy atom. The molecular weight excluding hydrogens is 212 g/mol. The van der Waals surface area contributed by atoms with Crippen LogP contribution in [0.1, 0.15) is 0 Å². The van der Waals surface area contributed by atoms with E-state index in [1.807, 2.05) is 0 Å². The van der Waals surface area contributed by atoms with Crippen LogP contribution in [0, 0.1) is 0 Å². The molecule has 0 aliphatic carbocycles. The van der Waals surface area contributed by atoms with Gasteiger partial charge in [0.25, 0.3) is 11.8 Å². The van der Waals surface area contributed by atoms with Crippen molar-refractivity contribution in [2.24, 2.45) is 0 Å². The molecule has 1 aliphatic heterocycles. The quantitative estimate of drug-likeness (QED) is 0.453. The van der Waals surface area contributed by atoms with Gasteiger partial charge in [-0.05, 0) is 0 Å². The van der Waals surface area contributed by atoms with Crippen molar-refractivity contribution in [3.05, 3.63) is 11.8 Å². The van der Waals surface area contributed by atoms with Crippen molar-refractivity contribution in [1.29, 1.82) is 0 Å². The molecule has 0 unspecified atom stereocenters. The molecule has 0 spiro atoms. The van der Waals surface area contributed by atoms with E-state index in [4.69, 9.17) is 9.47 Å². The van der Waals surface area contributed by atoms with Crippen LogP contribution in [0.4, 0.5) is 0 Å². The lowest BCUT2D eigenvalue weighted by Crippen LogP contribution is -2.36. The van der Waals surface area contributed by atoms with Crippen molar-refractivity contribution in [3.63, 3.8) is 0 Å². The van der Waals surface area contributed by atoms with Crippen molar-refractivity contribution in [2.75, 3.05) is 40.5 Å². The molecule has 0 saturated heterocycles. The third-order valence-corrected chi connectivity index (χ3v) is 2.15. The lowest BCUT2D eigenvalue weighted by molar-refractivity contribution is -0.138. The second-order valence-corrected chi connectivity index (χ2v) is 3.27. The van der Waals surface area contributed by atoms with Crippen molar-refractivity contribution < 1.29 is 19.1 Å². The van der Waals surface area contributed by atoms with Gasteiger partial charge in [-0.25, -0.2) is 0 Å². The van der Waals surface area contributed by atoms with Crippen LogP contribution in [-0.2, 0) is 19.1 Å². The summed E-state index contributed by atoms with van der Waals surface area (Å²) in [5.41, 5.74) is 0.318. The zero-order valence-corrected chi connectivity index (χ0v) is 9.49. The highest BCUT2D eigenvalue weighted by Crippen LogP contribution is 2.09. The number of carbonyl (C=O) groups excluding carboxylic acids is 2. The van der Waals surface area contributed by atoms with Crippen molar-refractivity contribution in [3.8, 4) is 0 Å². The molecule has 0 atom stereocenters. The van der Waals surface area contributed by atoms with Crippen LogP contribution >= 0.6 is 0 Å². The summed E-state index contributed by atoms with van der Waals surface area (Å²) in [6.07, 6.45) is 1.30. The van der Waals surface area contributed by atoms with Gasteiger partial charge >= 0.3 is 0 Å². The van der Waals surface area contributed by atoms with Gasteiger partial charge in [0, 0.05) is 26.8 Å². The van der Waals surface area contributed by atoms with Crippen LogP contribution in [0.2, 0.25) is 0 Å². The maximum atomic E-state index is 11.7. The lowest BCUT2D eigenvalue weighted by Gasteiger charge is -2.14. The third kappa shape index (κ3) is 3.04. The topological polar surface area (TPSA) is 67.9 Å². The number of hydrogen-bond acceptors (Lipinski definition) is 5. The minimum Gasteiger partial charge on any atom is -0.383 e. The molecule has 6 nitrogen and oxygen atoms in total. The van der Waals surface area contributed by atoms with Crippen LogP contribution in [0.25, 0.3) is 0 Å². The standard InChI is InChI=1S/C10H16N2O4/c1-15-5-3-11-8-7-9(13)12(10(8)14)4-6-16-2/h7,11H,3-6H2,1-2H3. The average Bonchev–Trinajstić information content (AvgIpc) is 2.53. The highest BCUT2D eigenvalue weighted by molar-refractivity contribution is 6.15. The largest absolute Gasteiger partial charge is 0.383 e. The summed E-state index contributed by atoms with van der Waals surface area (Å²) in [5.74, 6) is -0.611. The second kappa shape index (κ2) is 6.24. The number of ether oxygens (including phenoxy) is 2. The normalized spacial score (nSPS) is 15.6. The third-order valence-electron chi connectivity index (χ3n) is 2.15. The molecule has 1 aliphatic rings. The summed E-state index contributed by atoms with van der Waals surface area (Å²) in [6, 6.07) is 0. The summed E-state index contributed by atoms with van der Waals surface area (Å²) >= 11 is 0. The monoisotopic (exact) mass is 228 g/mol. The average molecular weight is 228 g/mol. The van der Waals surface area contributed by atoms with Gasteiger partial charge in [-0.15, -0.1) is 0 Å². The number of rotatable bonds is 7. The molecule has 0 radical (unpaired) electrons. The molecule has 0 aromatic carbocycles. The van der Waals surface area contributed by atoms with E-state index < -0.39 is 0 Å². The summed E-state index contributed by atoms with van der Waals surface area (Å²) in [5, 5.41) is 2.85. The van der Waals surface area contributed by atoms with Crippen LogP contribution in [0.3, 0.4) is 0 Å². The molecule has 16 heavy (non-hydrogen) atoms. The van der Waals surface area contributed by atoms with E-state index >= 15 is 0 Å². The Balaban J connectivity index is 2.46. The number of methoxy groups -OCH3 is 2. The van der Waals surface area contributed by atoms with Crippen molar-refractivity contribution >= 4 is 11.8 Å². The van der Waals surface area contributed by atoms with E-state index in [1.165, 1.54) is 13.2 Å². The first-order chi connectivity index (χ1) is 7.70. The Hall–Kier alpha value is -1.40. The van der Waals surface area contributed by atoms with Gasteiger partial charge in [-0.2, -0.15) is 0 Å². The van der Waals surface area contributed by atoms with Crippen molar-refractivity contribution in [2.45, 2.75) is 0 Å². The highest BCUT2D eigenvalue weighted by Gasteiger charge is 2.30. The Morgan fingerprint density at radius 1 is 1.25 bits per heavy atom. The molecule has 0 aromatic heterocycles. The minimum absolute atomic E-state index is 0.278. The van der Waals surface area contributed by atoms with Gasteiger partial charge in [0.05, 0.1) is 19.8 Å². The van der Waals surface area contributed by atoms with Crippen LogP contribution < -0.4 is 5.32 Å². The van der Waals surface area contributed by atoms with Gasteiger partial charge in [-0.3, -0.25) is 14.5 Å².